The SMILES string of the molecule is c1cnc2cc3c(cc2n1)[C@H]1CNC[C@H]3C1. The molecular formula is C13H13N3. The number of hydrogen-bond donors (Lipinski definition) is 1. The van der Waals surface area contributed by atoms with Crippen molar-refractivity contribution in [1.82, 2.24) is 15.3 Å². The molecule has 0 spiro atoms. The number of rotatable bonds is 0. The van der Waals surface area contributed by atoms with Gasteiger partial charge in [0.15, 0.2) is 0 Å². The Morgan fingerprint density at radius 1 is 0.938 bits per heavy atom. The molecule has 0 radical (unpaired) electrons. The summed E-state index contributed by atoms with van der Waals surface area (Å²) < 4.78 is 0. The van der Waals surface area contributed by atoms with E-state index in [4.69, 9.17) is 0 Å². The van der Waals surface area contributed by atoms with E-state index in [9.17, 15) is 0 Å². The van der Waals surface area contributed by atoms with E-state index in [-0.39, 0.29) is 0 Å². The van der Waals surface area contributed by atoms with Gasteiger partial charge in [-0.2, -0.15) is 0 Å². The minimum atomic E-state index is 0.695. The van der Waals surface area contributed by atoms with Crippen LogP contribution >= 0.6 is 0 Å². The van der Waals surface area contributed by atoms with Crippen molar-refractivity contribution in [3.05, 3.63) is 35.7 Å². The fraction of sp³-hybridized carbons (Fsp3) is 0.385. The molecule has 0 amide bonds. The van der Waals surface area contributed by atoms with Gasteiger partial charge in [-0.3, -0.25) is 9.97 Å². The first-order valence-electron chi connectivity index (χ1n) is 5.87. The van der Waals surface area contributed by atoms with Gasteiger partial charge in [-0.15, -0.1) is 0 Å². The third-order valence-electron chi connectivity index (χ3n) is 3.90. The van der Waals surface area contributed by atoms with Gasteiger partial charge < -0.3 is 5.32 Å². The van der Waals surface area contributed by atoms with Gasteiger partial charge in [0.05, 0.1) is 11.0 Å². The second-order valence-corrected chi connectivity index (χ2v) is 4.81. The molecule has 3 nitrogen and oxygen atoms in total. The van der Waals surface area contributed by atoms with Crippen LogP contribution in [0.4, 0.5) is 0 Å². The van der Waals surface area contributed by atoms with Crippen LogP contribution in [0.2, 0.25) is 0 Å². The number of benzene rings is 1. The van der Waals surface area contributed by atoms with Crippen molar-refractivity contribution < 1.29 is 0 Å². The summed E-state index contributed by atoms with van der Waals surface area (Å²) in [5, 5.41) is 3.51. The molecule has 2 aromatic rings. The van der Waals surface area contributed by atoms with Crippen molar-refractivity contribution in [2.75, 3.05) is 13.1 Å². The molecule has 0 saturated carbocycles. The van der Waals surface area contributed by atoms with E-state index in [1.54, 1.807) is 12.4 Å². The lowest BCUT2D eigenvalue weighted by atomic mass is 9.98. The van der Waals surface area contributed by atoms with E-state index in [2.05, 4.69) is 27.4 Å². The first-order valence-corrected chi connectivity index (χ1v) is 5.87. The third kappa shape index (κ3) is 1.06. The highest BCUT2D eigenvalue weighted by Crippen LogP contribution is 2.44. The highest BCUT2D eigenvalue weighted by Gasteiger charge is 2.34. The van der Waals surface area contributed by atoms with Crippen LogP contribution in [0.15, 0.2) is 24.5 Å². The molecule has 2 heterocycles. The predicted octanol–water partition coefficient (Wildman–Crippen LogP) is 1.80. The lowest BCUT2D eigenvalue weighted by Crippen LogP contribution is -2.28. The number of nitrogens with zero attached hydrogens (tertiary/aromatic N) is 2. The molecular weight excluding hydrogens is 198 g/mol. The molecule has 1 aromatic carbocycles. The van der Waals surface area contributed by atoms with Gasteiger partial charge in [0.25, 0.3) is 0 Å². The molecule has 1 aliphatic heterocycles. The van der Waals surface area contributed by atoms with Crippen LogP contribution in [0, 0.1) is 0 Å². The molecule has 80 valence electrons. The second kappa shape index (κ2) is 3.01. The van der Waals surface area contributed by atoms with E-state index >= 15 is 0 Å². The predicted molar refractivity (Wildman–Crippen MR) is 62.5 cm³/mol. The van der Waals surface area contributed by atoms with Crippen LogP contribution in [-0.2, 0) is 0 Å². The van der Waals surface area contributed by atoms with Crippen molar-refractivity contribution in [1.29, 1.82) is 0 Å². The summed E-state index contributed by atoms with van der Waals surface area (Å²) in [6, 6.07) is 4.49. The molecule has 1 fully saturated rings. The van der Waals surface area contributed by atoms with Crippen LogP contribution in [0.1, 0.15) is 29.4 Å². The largest absolute Gasteiger partial charge is 0.316 e. The summed E-state index contributed by atoms with van der Waals surface area (Å²) in [5.41, 5.74) is 5.08. The maximum Gasteiger partial charge on any atom is 0.0889 e. The quantitative estimate of drug-likeness (QED) is 0.722. The topological polar surface area (TPSA) is 37.8 Å². The molecule has 1 saturated heterocycles. The molecule has 2 aliphatic rings. The number of hydrogen-bond acceptors (Lipinski definition) is 3. The standard InChI is InChI=1S/C13H13N3/c1-2-16-13-5-11-9-3-8(6-14-7-9)10(11)4-12(13)15-1/h1-2,4-5,8-9,14H,3,6-7H2/t8-,9-/m1/s1. The summed E-state index contributed by atoms with van der Waals surface area (Å²) in [7, 11) is 0. The molecule has 0 unspecified atom stereocenters. The van der Waals surface area contributed by atoms with Crippen molar-refractivity contribution in [3.8, 4) is 0 Å². The van der Waals surface area contributed by atoms with E-state index in [1.807, 2.05) is 0 Å². The van der Waals surface area contributed by atoms with Crippen molar-refractivity contribution in [3.63, 3.8) is 0 Å². The Morgan fingerprint density at radius 3 is 2.06 bits per heavy atom. The first kappa shape index (κ1) is 8.65. The Balaban J connectivity index is 2.01. The summed E-state index contributed by atoms with van der Waals surface area (Å²) >= 11 is 0. The van der Waals surface area contributed by atoms with Crippen LogP contribution in [0.25, 0.3) is 11.0 Å². The normalized spacial score (nSPS) is 27.0. The van der Waals surface area contributed by atoms with Crippen LogP contribution in [0.3, 0.4) is 0 Å². The number of aromatic nitrogens is 2. The van der Waals surface area contributed by atoms with Crippen LogP contribution in [0.5, 0.6) is 0 Å². The molecule has 2 bridgehead atoms. The minimum Gasteiger partial charge on any atom is -0.316 e. The molecule has 16 heavy (non-hydrogen) atoms. The third-order valence-corrected chi connectivity index (χ3v) is 3.90. The Hall–Kier alpha value is -1.48. The first-order chi connectivity index (χ1) is 7.92. The van der Waals surface area contributed by atoms with Crippen LogP contribution < -0.4 is 5.32 Å². The smallest absolute Gasteiger partial charge is 0.0889 e. The zero-order valence-corrected chi connectivity index (χ0v) is 8.98. The van der Waals surface area contributed by atoms with Gasteiger partial charge in [0.1, 0.15) is 0 Å². The zero-order chi connectivity index (χ0) is 10.5. The van der Waals surface area contributed by atoms with E-state index in [0.717, 1.165) is 24.1 Å². The van der Waals surface area contributed by atoms with E-state index in [0.29, 0.717) is 11.8 Å². The zero-order valence-electron chi connectivity index (χ0n) is 8.98. The van der Waals surface area contributed by atoms with Gasteiger partial charge in [-0.05, 0) is 41.5 Å². The Labute approximate surface area is 93.9 Å². The van der Waals surface area contributed by atoms with Gasteiger partial charge in [0, 0.05) is 25.5 Å². The number of nitrogens with one attached hydrogen (secondary N) is 1. The van der Waals surface area contributed by atoms with Crippen LogP contribution in [-0.4, -0.2) is 23.1 Å². The highest BCUT2D eigenvalue weighted by molar-refractivity contribution is 5.77. The Bertz CT molecular complexity index is 516. The summed E-state index contributed by atoms with van der Waals surface area (Å²) in [5.74, 6) is 1.39. The van der Waals surface area contributed by atoms with Crippen molar-refractivity contribution in [2.24, 2.45) is 0 Å². The minimum absolute atomic E-state index is 0.695. The maximum atomic E-state index is 4.39. The summed E-state index contributed by atoms with van der Waals surface area (Å²) in [6.07, 6.45) is 4.85. The van der Waals surface area contributed by atoms with Gasteiger partial charge in [-0.25, -0.2) is 0 Å². The monoisotopic (exact) mass is 211 g/mol. The summed E-state index contributed by atoms with van der Waals surface area (Å²) in [6.45, 7) is 2.24. The van der Waals surface area contributed by atoms with Gasteiger partial charge in [0.2, 0.25) is 0 Å². The fourth-order valence-corrected chi connectivity index (χ4v) is 3.17. The number of piperidine rings is 1. The molecule has 4 rings (SSSR count). The maximum absolute atomic E-state index is 4.39. The van der Waals surface area contributed by atoms with Gasteiger partial charge in [-0.1, -0.05) is 0 Å². The molecule has 1 aliphatic carbocycles. The van der Waals surface area contributed by atoms with Crippen molar-refractivity contribution >= 4 is 11.0 Å². The molecule has 1 N–H and O–H groups in total. The van der Waals surface area contributed by atoms with E-state index in [1.165, 1.54) is 17.5 Å². The number of fused-ring (bicyclic) bond motifs is 6. The van der Waals surface area contributed by atoms with Gasteiger partial charge >= 0.3 is 0 Å². The summed E-state index contributed by atoms with van der Waals surface area (Å²) in [4.78, 5) is 8.78. The Morgan fingerprint density at radius 2 is 1.50 bits per heavy atom. The van der Waals surface area contributed by atoms with E-state index < -0.39 is 0 Å². The average Bonchev–Trinajstić information content (AvgIpc) is 2.59. The molecule has 1 aromatic heterocycles. The molecule has 2 atom stereocenters. The lowest BCUT2D eigenvalue weighted by molar-refractivity contribution is 0.454. The van der Waals surface area contributed by atoms with Crippen molar-refractivity contribution in [2.45, 2.75) is 18.3 Å². The molecule has 3 heteroatoms. The Kier molecular flexibility index (Phi) is 1.63. The lowest BCUT2D eigenvalue weighted by Gasteiger charge is -2.19. The average molecular weight is 211 g/mol. The fourth-order valence-electron chi connectivity index (χ4n) is 3.17. The highest BCUT2D eigenvalue weighted by atomic mass is 14.9. The second-order valence-electron chi connectivity index (χ2n) is 4.81.